The van der Waals surface area contributed by atoms with Gasteiger partial charge in [-0.15, -0.1) is 0 Å². The van der Waals surface area contributed by atoms with Crippen LogP contribution in [0, 0.1) is 13.8 Å². The molecule has 5 rings (SSSR count). The van der Waals surface area contributed by atoms with E-state index in [9.17, 15) is 18.0 Å². The van der Waals surface area contributed by atoms with Gasteiger partial charge in [0.05, 0.1) is 11.5 Å². The third-order valence-electron chi connectivity index (χ3n) is 6.10. The molecule has 1 unspecified atom stereocenters. The molecule has 0 spiro atoms. The van der Waals surface area contributed by atoms with Crippen molar-refractivity contribution in [3.63, 3.8) is 0 Å². The van der Waals surface area contributed by atoms with Crippen LogP contribution >= 0.6 is 0 Å². The number of sulfone groups is 1. The normalized spacial score (nSPS) is 24.2. The van der Waals surface area contributed by atoms with Crippen LogP contribution < -0.4 is 11.2 Å². The first-order valence-electron chi connectivity index (χ1n) is 11.1. The van der Waals surface area contributed by atoms with Gasteiger partial charge in [0.25, 0.3) is 5.56 Å². The number of hydrogen-bond acceptors (Lipinski definition) is 7. The Morgan fingerprint density at radius 3 is 2.43 bits per heavy atom. The Labute approximate surface area is 201 Å². The van der Waals surface area contributed by atoms with Crippen LogP contribution in [0.25, 0.3) is 5.88 Å². The Morgan fingerprint density at radius 1 is 1.00 bits per heavy atom. The van der Waals surface area contributed by atoms with E-state index in [0.717, 1.165) is 15.7 Å². The summed E-state index contributed by atoms with van der Waals surface area (Å²) in [5.41, 5.74) is 0.678. The molecule has 182 valence electrons. The van der Waals surface area contributed by atoms with E-state index >= 15 is 0 Å². The summed E-state index contributed by atoms with van der Waals surface area (Å²) in [7, 11) is -3.95. The Bertz CT molecular complexity index is 1490. The Morgan fingerprint density at radius 2 is 1.71 bits per heavy atom. The summed E-state index contributed by atoms with van der Waals surface area (Å²) in [5.74, 6) is -0.0124. The second kappa shape index (κ2) is 8.95. The lowest BCUT2D eigenvalue weighted by Gasteiger charge is -2.42. The Kier molecular flexibility index (Phi) is 5.96. The van der Waals surface area contributed by atoms with Crippen molar-refractivity contribution in [1.29, 1.82) is 0 Å². The highest BCUT2D eigenvalue weighted by Crippen LogP contribution is 2.37. The maximum Gasteiger partial charge on any atom is 0.335 e. The topological polar surface area (TPSA) is 117 Å². The zero-order valence-electron chi connectivity index (χ0n) is 19.1. The van der Waals surface area contributed by atoms with Crippen LogP contribution in [0.1, 0.15) is 23.0 Å². The van der Waals surface area contributed by atoms with E-state index in [1.54, 1.807) is 31.2 Å². The van der Waals surface area contributed by atoms with Gasteiger partial charge < -0.3 is 14.2 Å². The van der Waals surface area contributed by atoms with Crippen LogP contribution in [0.4, 0.5) is 0 Å². The van der Waals surface area contributed by atoms with E-state index in [1.165, 1.54) is 12.3 Å². The first-order chi connectivity index (χ1) is 16.7. The zero-order chi connectivity index (χ0) is 24.7. The number of rotatable bonds is 4. The summed E-state index contributed by atoms with van der Waals surface area (Å²) in [5, 5.41) is -1.17. The largest absolute Gasteiger partial charge is 0.470 e. The van der Waals surface area contributed by atoms with Gasteiger partial charge in [0.1, 0.15) is 11.4 Å². The van der Waals surface area contributed by atoms with Crippen LogP contribution in [0.5, 0.6) is 0 Å². The number of aromatic amines is 1. The molecule has 1 N–H and O–H groups in total. The molecule has 3 aromatic rings. The first-order valence-corrected chi connectivity index (χ1v) is 12.6. The number of fused-ring (bicyclic) bond motifs is 1. The standard InChI is InChI=1S/C25H24N2O7S/c1-15-8-10-18(11-9-15)35(30,31)20-12-21(27-13-16(2)23(28)26-25(27)29)33-19-14-32-24(34-22(19)20)17-6-4-3-5-7-17/h3-13,19-20,22,24H,14H2,1-2H3,(H,26,28,29)/t19-,20+,22-,24?/m1/s1. The van der Waals surface area contributed by atoms with Gasteiger partial charge in [0.15, 0.2) is 28.1 Å². The minimum Gasteiger partial charge on any atom is -0.470 e. The minimum absolute atomic E-state index is 0.0124. The summed E-state index contributed by atoms with van der Waals surface area (Å²) in [6.45, 7) is 3.45. The Balaban J connectivity index is 1.61. The fraction of sp³-hybridized carbons (Fsp3) is 0.280. The average Bonchev–Trinajstić information content (AvgIpc) is 2.86. The molecule has 10 heteroatoms. The van der Waals surface area contributed by atoms with Gasteiger partial charge in [0.2, 0.25) is 0 Å². The number of nitrogens with one attached hydrogen (secondary N) is 1. The maximum atomic E-state index is 13.8. The number of benzene rings is 2. The van der Waals surface area contributed by atoms with Crippen LogP contribution in [0.2, 0.25) is 0 Å². The molecular weight excluding hydrogens is 472 g/mol. The van der Waals surface area contributed by atoms with Gasteiger partial charge in [-0.1, -0.05) is 48.0 Å². The molecule has 2 aromatic carbocycles. The summed E-state index contributed by atoms with van der Waals surface area (Å²) in [6.07, 6.45) is 0.205. The molecule has 1 aromatic heterocycles. The molecule has 0 bridgehead atoms. The van der Waals surface area contributed by atoms with Crippen molar-refractivity contribution in [2.75, 3.05) is 6.61 Å². The van der Waals surface area contributed by atoms with E-state index in [-0.39, 0.29) is 22.9 Å². The highest BCUT2D eigenvalue weighted by atomic mass is 32.2. The number of ether oxygens (including phenoxy) is 3. The lowest BCUT2D eigenvalue weighted by molar-refractivity contribution is -0.256. The quantitative estimate of drug-likeness (QED) is 0.589. The van der Waals surface area contributed by atoms with Gasteiger partial charge in [0, 0.05) is 17.3 Å². The molecule has 35 heavy (non-hydrogen) atoms. The van der Waals surface area contributed by atoms with E-state index in [4.69, 9.17) is 14.2 Å². The summed E-state index contributed by atoms with van der Waals surface area (Å²) in [4.78, 5) is 26.7. The minimum atomic E-state index is -3.95. The van der Waals surface area contributed by atoms with Gasteiger partial charge in [-0.05, 0) is 32.1 Å². The molecule has 3 heterocycles. The third-order valence-corrected chi connectivity index (χ3v) is 8.15. The fourth-order valence-electron chi connectivity index (χ4n) is 4.17. The fourth-order valence-corrected chi connectivity index (χ4v) is 5.89. The molecule has 2 aliphatic rings. The molecule has 2 aliphatic heterocycles. The number of aromatic nitrogens is 2. The average molecular weight is 497 g/mol. The van der Waals surface area contributed by atoms with Gasteiger partial charge in [-0.3, -0.25) is 9.78 Å². The number of H-pyrrole nitrogens is 1. The number of nitrogens with zero attached hydrogens (tertiary/aromatic N) is 1. The second-order valence-corrected chi connectivity index (χ2v) is 10.7. The van der Waals surface area contributed by atoms with Crippen LogP contribution in [-0.4, -0.2) is 42.0 Å². The van der Waals surface area contributed by atoms with E-state index in [0.29, 0.717) is 0 Å². The molecule has 4 atom stereocenters. The van der Waals surface area contributed by atoms with Crippen molar-refractivity contribution in [2.24, 2.45) is 0 Å². The smallest absolute Gasteiger partial charge is 0.335 e. The molecule has 0 radical (unpaired) electrons. The van der Waals surface area contributed by atoms with Gasteiger partial charge >= 0.3 is 5.69 Å². The number of aryl methyl sites for hydroxylation is 2. The van der Waals surface area contributed by atoms with Crippen molar-refractivity contribution >= 4 is 15.7 Å². The van der Waals surface area contributed by atoms with E-state index in [2.05, 4.69) is 4.98 Å². The van der Waals surface area contributed by atoms with Crippen molar-refractivity contribution < 1.29 is 22.6 Å². The summed E-state index contributed by atoms with van der Waals surface area (Å²) in [6, 6.07) is 15.8. The molecule has 0 amide bonds. The first kappa shape index (κ1) is 23.3. The molecule has 1 fully saturated rings. The summed E-state index contributed by atoms with van der Waals surface area (Å²) >= 11 is 0. The highest BCUT2D eigenvalue weighted by molar-refractivity contribution is 7.92. The summed E-state index contributed by atoms with van der Waals surface area (Å²) < 4.78 is 46.7. The monoisotopic (exact) mass is 496 g/mol. The SMILES string of the molecule is Cc1ccc(S(=O)(=O)[C@H]2C=C(n3cc(C)c(=O)[nH]c3=O)O[C@@H]3COC(c4ccccc4)O[C@H]32)cc1. The molecule has 9 nitrogen and oxygen atoms in total. The number of hydrogen-bond donors (Lipinski definition) is 1. The van der Waals surface area contributed by atoms with Crippen molar-refractivity contribution in [1.82, 2.24) is 9.55 Å². The van der Waals surface area contributed by atoms with E-state index in [1.807, 2.05) is 37.3 Å². The third kappa shape index (κ3) is 4.36. The van der Waals surface area contributed by atoms with Crippen molar-refractivity contribution in [2.45, 2.75) is 42.5 Å². The van der Waals surface area contributed by atoms with Crippen molar-refractivity contribution in [3.05, 3.63) is 104 Å². The van der Waals surface area contributed by atoms with Crippen LogP contribution in [0.3, 0.4) is 0 Å². The zero-order valence-corrected chi connectivity index (χ0v) is 19.9. The molecule has 1 saturated heterocycles. The van der Waals surface area contributed by atoms with Gasteiger partial charge in [-0.25, -0.2) is 17.8 Å². The molecule has 0 aliphatic carbocycles. The van der Waals surface area contributed by atoms with E-state index < -0.39 is 44.8 Å². The lowest BCUT2D eigenvalue weighted by Crippen LogP contribution is -2.53. The highest BCUT2D eigenvalue weighted by Gasteiger charge is 2.48. The maximum absolute atomic E-state index is 13.8. The predicted octanol–water partition coefficient (Wildman–Crippen LogP) is 2.31. The molecular formula is C25H24N2O7S. The van der Waals surface area contributed by atoms with Crippen LogP contribution in [-0.2, 0) is 24.0 Å². The predicted molar refractivity (Wildman–Crippen MR) is 127 cm³/mol. The molecule has 0 saturated carbocycles. The van der Waals surface area contributed by atoms with Crippen LogP contribution in [0.15, 0.2) is 81.4 Å². The van der Waals surface area contributed by atoms with Crippen molar-refractivity contribution in [3.8, 4) is 0 Å². The van der Waals surface area contributed by atoms with Gasteiger partial charge in [-0.2, -0.15) is 0 Å². The second-order valence-electron chi connectivity index (χ2n) is 8.60. The Hall–Kier alpha value is -3.47. The lowest BCUT2D eigenvalue weighted by atomic mass is 10.1.